The third-order valence-corrected chi connectivity index (χ3v) is 5.43. The minimum Gasteiger partial charge on any atom is -0.494 e. The van der Waals surface area contributed by atoms with Gasteiger partial charge in [-0.25, -0.2) is 17.9 Å². The highest BCUT2D eigenvalue weighted by molar-refractivity contribution is 7.89. The highest BCUT2D eigenvalue weighted by Gasteiger charge is 2.19. The van der Waals surface area contributed by atoms with Crippen molar-refractivity contribution < 1.29 is 17.5 Å². The molecule has 0 saturated heterocycles. The molecule has 1 aliphatic rings. The van der Waals surface area contributed by atoms with Crippen LogP contribution in [0.3, 0.4) is 0 Å². The summed E-state index contributed by atoms with van der Waals surface area (Å²) in [6.07, 6.45) is 6.71. The molecule has 0 bridgehead atoms. The van der Waals surface area contributed by atoms with Gasteiger partial charge in [0.2, 0.25) is 10.0 Å². The van der Waals surface area contributed by atoms with Crippen molar-refractivity contribution in [3.63, 3.8) is 0 Å². The number of methoxy groups -OCH3 is 1. The number of nitrogens with two attached hydrogens (primary N) is 1. The molecule has 0 atom stereocenters. The van der Waals surface area contributed by atoms with Crippen LogP contribution >= 0.6 is 0 Å². The lowest BCUT2D eigenvalue weighted by Crippen LogP contribution is -2.11. The molecule has 140 valence electrons. The predicted molar refractivity (Wildman–Crippen MR) is 102 cm³/mol. The summed E-state index contributed by atoms with van der Waals surface area (Å²) in [6.45, 7) is 5.44. The van der Waals surface area contributed by atoms with E-state index in [1.807, 2.05) is 13.0 Å². The lowest BCUT2D eigenvalue weighted by Gasteiger charge is -2.12. The number of ether oxygens (including phenoxy) is 1. The molecule has 26 heavy (non-hydrogen) atoms. The summed E-state index contributed by atoms with van der Waals surface area (Å²) in [4.78, 5) is 0.0933. The third-order valence-electron chi connectivity index (χ3n) is 4.50. The van der Waals surface area contributed by atoms with E-state index in [2.05, 4.69) is 6.58 Å². The van der Waals surface area contributed by atoms with Crippen molar-refractivity contribution in [1.29, 1.82) is 0 Å². The van der Waals surface area contributed by atoms with Gasteiger partial charge in [-0.3, -0.25) is 0 Å². The van der Waals surface area contributed by atoms with E-state index < -0.39 is 15.9 Å². The second kappa shape index (κ2) is 8.47. The van der Waals surface area contributed by atoms with Crippen LogP contribution < -0.4 is 5.14 Å². The Morgan fingerprint density at radius 3 is 2.50 bits per heavy atom. The molecule has 0 aromatic heterocycles. The van der Waals surface area contributed by atoms with E-state index in [0.717, 1.165) is 30.4 Å². The first kappa shape index (κ1) is 20.1. The van der Waals surface area contributed by atoms with Crippen molar-refractivity contribution >= 4 is 15.6 Å². The third kappa shape index (κ3) is 4.71. The summed E-state index contributed by atoms with van der Waals surface area (Å²) in [5.74, 6) is -0.454. The summed E-state index contributed by atoms with van der Waals surface area (Å²) in [7, 11) is -2.32. The predicted octanol–water partition coefficient (Wildman–Crippen LogP) is 4.62. The van der Waals surface area contributed by atoms with E-state index in [-0.39, 0.29) is 10.7 Å². The Morgan fingerprint density at radius 1 is 1.31 bits per heavy atom. The number of rotatable bonds is 7. The van der Waals surface area contributed by atoms with Gasteiger partial charge in [-0.05, 0) is 73.1 Å². The smallest absolute Gasteiger partial charge is 0.238 e. The number of sulfonamides is 1. The number of primary sulfonamides is 1. The van der Waals surface area contributed by atoms with Crippen LogP contribution in [0.5, 0.6) is 0 Å². The van der Waals surface area contributed by atoms with Gasteiger partial charge in [0.1, 0.15) is 5.76 Å². The first-order chi connectivity index (χ1) is 12.3. The van der Waals surface area contributed by atoms with Crippen LogP contribution in [0.25, 0.3) is 5.57 Å². The van der Waals surface area contributed by atoms with Gasteiger partial charge in [-0.1, -0.05) is 24.8 Å². The van der Waals surface area contributed by atoms with E-state index in [9.17, 15) is 12.8 Å². The molecule has 0 spiro atoms. The molecule has 0 fully saturated rings. The summed E-state index contributed by atoms with van der Waals surface area (Å²) in [5.41, 5.74) is 4.36. The number of benzene rings is 1. The van der Waals surface area contributed by atoms with Gasteiger partial charge < -0.3 is 4.74 Å². The molecule has 0 saturated carbocycles. The Bertz CT molecular complexity index is 878. The Hall–Kier alpha value is -2.18. The topological polar surface area (TPSA) is 69.4 Å². The molecular formula is C20H24FNO3S. The fourth-order valence-electron chi connectivity index (χ4n) is 3.09. The fourth-order valence-corrected chi connectivity index (χ4v) is 3.60. The molecule has 0 amide bonds. The highest BCUT2D eigenvalue weighted by atomic mass is 32.2. The van der Waals surface area contributed by atoms with Gasteiger partial charge in [0.15, 0.2) is 5.83 Å². The van der Waals surface area contributed by atoms with Gasteiger partial charge in [0.25, 0.3) is 0 Å². The van der Waals surface area contributed by atoms with E-state index >= 15 is 0 Å². The van der Waals surface area contributed by atoms with Gasteiger partial charge in [0, 0.05) is 0 Å². The SMILES string of the molecule is C=C(OC)/C(F)=C\C/C(=C\C)C1=C(c2ccc(S(N)(=O)=O)cc2)CCC1. The number of halogens is 1. The molecular weight excluding hydrogens is 353 g/mol. The van der Waals surface area contributed by atoms with Crippen LogP contribution in [-0.4, -0.2) is 15.5 Å². The van der Waals surface area contributed by atoms with Gasteiger partial charge in [-0.2, -0.15) is 0 Å². The average molecular weight is 377 g/mol. The van der Waals surface area contributed by atoms with E-state index in [1.54, 1.807) is 12.1 Å². The van der Waals surface area contributed by atoms with Crippen molar-refractivity contribution in [3.05, 3.63) is 71.3 Å². The zero-order chi connectivity index (χ0) is 19.3. The number of hydrogen-bond donors (Lipinski definition) is 1. The normalized spacial score (nSPS) is 16.2. The maximum Gasteiger partial charge on any atom is 0.238 e. The van der Waals surface area contributed by atoms with Gasteiger partial charge >= 0.3 is 0 Å². The first-order valence-corrected chi connectivity index (χ1v) is 9.92. The van der Waals surface area contributed by atoms with E-state index in [4.69, 9.17) is 9.88 Å². The van der Waals surface area contributed by atoms with Gasteiger partial charge in [0.05, 0.1) is 12.0 Å². The molecule has 0 aliphatic heterocycles. The average Bonchev–Trinajstić information content (AvgIpc) is 3.10. The maximum absolute atomic E-state index is 13.9. The molecule has 0 unspecified atom stereocenters. The zero-order valence-electron chi connectivity index (χ0n) is 15.1. The fraction of sp³-hybridized carbons (Fsp3) is 0.300. The van der Waals surface area contributed by atoms with E-state index in [0.29, 0.717) is 6.42 Å². The standard InChI is InChI=1S/C20H24FNO3S/c1-4-15(10-13-20(21)14(2)25-3)18-6-5-7-19(18)16-8-11-17(12-9-16)26(22,23)24/h4,8-9,11-13H,2,5-7,10H2,1,3H3,(H2,22,23,24)/b15-4+,20-13+. The molecule has 0 radical (unpaired) electrons. The summed E-state index contributed by atoms with van der Waals surface area (Å²) in [5, 5.41) is 5.15. The highest BCUT2D eigenvalue weighted by Crippen LogP contribution is 2.39. The van der Waals surface area contributed by atoms with Crippen LogP contribution in [0, 0.1) is 0 Å². The minimum absolute atomic E-state index is 0.0136. The van der Waals surface area contributed by atoms with E-state index in [1.165, 1.54) is 36.5 Å². The number of allylic oxidation sites excluding steroid dienone is 6. The molecule has 1 aromatic carbocycles. The minimum atomic E-state index is -3.70. The Kier molecular flexibility index (Phi) is 6.56. The van der Waals surface area contributed by atoms with Crippen molar-refractivity contribution in [2.24, 2.45) is 5.14 Å². The van der Waals surface area contributed by atoms with Crippen LogP contribution in [0.1, 0.15) is 38.2 Å². The van der Waals surface area contributed by atoms with Crippen molar-refractivity contribution in [2.75, 3.05) is 7.11 Å². The number of hydrogen-bond acceptors (Lipinski definition) is 3. The lowest BCUT2D eigenvalue weighted by molar-refractivity contribution is 0.285. The molecule has 1 aromatic rings. The summed E-state index contributed by atoms with van der Waals surface area (Å²) >= 11 is 0. The monoisotopic (exact) mass is 377 g/mol. The summed E-state index contributed by atoms with van der Waals surface area (Å²) < 4.78 is 41.5. The second-order valence-electron chi connectivity index (χ2n) is 6.08. The molecule has 6 heteroatoms. The zero-order valence-corrected chi connectivity index (χ0v) is 15.9. The van der Waals surface area contributed by atoms with Crippen molar-refractivity contribution in [3.8, 4) is 0 Å². The first-order valence-electron chi connectivity index (χ1n) is 8.37. The molecule has 1 aliphatic carbocycles. The lowest BCUT2D eigenvalue weighted by atomic mass is 9.95. The summed E-state index contributed by atoms with van der Waals surface area (Å²) in [6, 6.07) is 6.59. The van der Waals surface area contributed by atoms with Gasteiger partial charge in [-0.15, -0.1) is 0 Å². The largest absolute Gasteiger partial charge is 0.494 e. The maximum atomic E-state index is 13.9. The second-order valence-corrected chi connectivity index (χ2v) is 7.64. The molecule has 2 rings (SSSR count). The Labute approximate surface area is 154 Å². The van der Waals surface area contributed by atoms with Crippen LogP contribution in [0.4, 0.5) is 4.39 Å². The molecule has 0 heterocycles. The quantitative estimate of drug-likeness (QED) is 0.557. The van der Waals surface area contributed by atoms with Crippen molar-refractivity contribution in [1.82, 2.24) is 0 Å². The molecule has 4 nitrogen and oxygen atoms in total. The van der Waals surface area contributed by atoms with Crippen molar-refractivity contribution in [2.45, 2.75) is 37.5 Å². The molecule has 2 N–H and O–H groups in total. The van der Waals surface area contributed by atoms with Crippen LogP contribution in [-0.2, 0) is 14.8 Å². The Morgan fingerprint density at radius 2 is 1.96 bits per heavy atom. The van der Waals surface area contributed by atoms with Crippen LogP contribution in [0.2, 0.25) is 0 Å². The Balaban J connectivity index is 2.32. The van der Waals surface area contributed by atoms with Crippen LogP contribution in [0.15, 0.2) is 70.6 Å².